The summed E-state index contributed by atoms with van der Waals surface area (Å²) in [5, 5.41) is 16.5. The number of carbonyl (C=O) groups is 3. The first kappa shape index (κ1) is 28.0. The monoisotopic (exact) mass is 542 g/mol. The van der Waals surface area contributed by atoms with E-state index in [1.54, 1.807) is 4.90 Å². The summed E-state index contributed by atoms with van der Waals surface area (Å²) in [4.78, 5) is 45.8. The molecule has 1 aromatic rings. The zero-order chi connectivity index (χ0) is 27.8. The molecule has 0 aromatic heterocycles. The molecule has 214 valence electrons. The van der Waals surface area contributed by atoms with E-state index in [9.17, 15) is 19.5 Å². The van der Waals surface area contributed by atoms with Gasteiger partial charge in [-0.1, -0.05) is 38.5 Å². The molecule has 0 radical (unpaired) electrons. The number of nitrogens with zero attached hydrogens (tertiary/aromatic N) is 2. The first-order chi connectivity index (χ1) is 18.8. The summed E-state index contributed by atoms with van der Waals surface area (Å²) in [6, 6.07) is 7.71. The van der Waals surface area contributed by atoms with Crippen molar-refractivity contribution in [3.8, 4) is 0 Å². The molecule has 3 N–H and O–H groups in total. The van der Waals surface area contributed by atoms with Crippen LogP contribution in [0.1, 0.15) is 40.0 Å². The number of anilines is 1. The van der Waals surface area contributed by atoms with E-state index >= 15 is 0 Å². The molecule has 1 aromatic carbocycles. The molecule has 1 spiro atoms. The average molecular weight is 543 g/mol. The molecule has 4 saturated heterocycles. The zero-order valence-corrected chi connectivity index (χ0v) is 23.2. The van der Waals surface area contributed by atoms with Gasteiger partial charge >= 0.3 is 0 Å². The van der Waals surface area contributed by atoms with Crippen LogP contribution in [0, 0.1) is 17.8 Å². The van der Waals surface area contributed by atoms with Gasteiger partial charge in [0.2, 0.25) is 17.7 Å². The summed E-state index contributed by atoms with van der Waals surface area (Å²) in [6.45, 7) is 9.70. The van der Waals surface area contributed by atoms with E-state index < -0.39 is 35.1 Å². The third kappa shape index (κ3) is 4.85. The molecule has 2 bridgehead atoms. The number of morpholine rings is 1. The SMILES string of the molecule is CC[C@H](C)[C@H](CO)N1C(=O)[C@@H]2[C@H](C(=O)Nc3ccccc3)[C@]3(C)CCC2(O3)C1C(=O)NCCN1CCOCC1. The van der Waals surface area contributed by atoms with Crippen LogP contribution in [-0.2, 0) is 23.9 Å². The topological polar surface area (TPSA) is 120 Å². The van der Waals surface area contributed by atoms with Crippen LogP contribution < -0.4 is 10.6 Å². The van der Waals surface area contributed by atoms with Gasteiger partial charge in [-0.05, 0) is 37.8 Å². The van der Waals surface area contributed by atoms with Gasteiger partial charge in [0.05, 0.1) is 43.3 Å². The second kappa shape index (κ2) is 11.2. The molecule has 10 heteroatoms. The van der Waals surface area contributed by atoms with Crippen molar-refractivity contribution in [3.63, 3.8) is 0 Å². The maximum atomic E-state index is 14.3. The maximum absolute atomic E-state index is 14.3. The van der Waals surface area contributed by atoms with E-state index in [1.165, 1.54) is 0 Å². The molecule has 4 heterocycles. The molecule has 4 aliphatic rings. The Hall–Kier alpha value is -2.53. The highest BCUT2D eigenvalue weighted by Crippen LogP contribution is 2.63. The zero-order valence-electron chi connectivity index (χ0n) is 23.2. The van der Waals surface area contributed by atoms with E-state index in [0.29, 0.717) is 44.8 Å². The first-order valence-corrected chi connectivity index (χ1v) is 14.3. The van der Waals surface area contributed by atoms with Gasteiger partial charge in [0.25, 0.3) is 0 Å². The Morgan fingerprint density at radius 1 is 1.15 bits per heavy atom. The number of hydrogen-bond donors (Lipinski definition) is 3. The number of fused-ring (bicyclic) bond motifs is 1. The molecular weight excluding hydrogens is 500 g/mol. The number of benzene rings is 1. The Labute approximate surface area is 230 Å². The molecule has 39 heavy (non-hydrogen) atoms. The Bertz CT molecular complexity index is 1070. The van der Waals surface area contributed by atoms with E-state index in [4.69, 9.17) is 9.47 Å². The van der Waals surface area contributed by atoms with Gasteiger partial charge in [-0.25, -0.2) is 0 Å². The second-order valence-corrected chi connectivity index (χ2v) is 11.7. The maximum Gasteiger partial charge on any atom is 0.245 e. The van der Waals surface area contributed by atoms with Crippen molar-refractivity contribution in [3.05, 3.63) is 30.3 Å². The highest BCUT2D eigenvalue weighted by molar-refractivity contribution is 6.02. The molecule has 0 aliphatic carbocycles. The van der Waals surface area contributed by atoms with Crippen LogP contribution in [0.15, 0.2) is 30.3 Å². The smallest absolute Gasteiger partial charge is 0.245 e. The quantitative estimate of drug-likeness (QED) is 0.407. The Balaban J connectivity index is 1.44. The molecule has 10 nitrogen and oxygen atoms in total. The van der Waals surface area contributed by atoms with Crippen LogP contribution in [0.3, 0.4) is 0 Å². The minimum absolute atomic E-state index is 0.0396. The highest BCUT2D eigenvalue weighted by Gasteiger charge is 2.78. The largest absolute Gasteiger partial charge is 0.394 e. The van der Waals surface area contributed by atoms with Gasteiger partial charge in [0.1, 0.15) is 11.6 Å². The van der Waals surface area contributed by atoms with E-state index in [-0.39, 0.29) is 30.2 Å². The van der Waals surface area contributed by atoms with Crippen molar-refractivity contribution in [2.45, 2.75) is 63.3 Å². The number of aliphatic hydroxyl groups is 1. The molecule has 0 saturated carbocycles. The van der Waals surface area contributed by atoms with E-state index in [2.05, 4.69) is 15.5 Å². The fourth-order valence-corrected chi connectivity index (χ4v) is 7.24. The second-order valence-electron chi connectivity index (χ2n) is 11.7. The number of carbonyl (C=O) groups excluding carboxylic acids is 3. The third-order valence-corrected chi connectivity index (χ3v) is 9.46. The molecule has 5 rings (SSSR count). The van der Waals surface area contributed by atoms with E-state index in [0.717, 1.165) is 19.5 Å². The lowest BCUT2D eigenvalue weighted by atomic mass is 9.66. The van der Waals surface area contributed by atoms with Gasteiger partial charge in [-0.15, -0.1) is 0 Å². The lowest BCUT2D eigenvalue weighted by Crippen LogP contribution is -2.59. The fourth-order valence-electron chi connectivity index (χ4n) is 7.24. The summed E-state index contributed by atoms with van der Waals surface area (Å²) >= 11 is 0. The summed E-state index contributed by atoms with van der Waals surface area (Å²) in [6.07, 6.45) is 1.81. The number of para-hydroxylation sites is 1. The number of aliphatic hydroxyl groups excluding tert-OH is 1. The van der Waals surface area contributed by atoms with E-state index in [1.807, 2.05) is 51.1 Å². The van der Waals surface area contributed by atoms with Gasteiger partial charge in [-0.3, -0.25) is 19.3 Å². The summed E-state index contributed by atoms with van der Waals surface area (Å²) in [5.74, 6) is -2.42. The van der Waals surface area contributed by atoms with Crippen LogP contribution >= 0.6 is 0 Å². The normalized spacial score (nSPS) is 33.6. The van der Waals surface area contributed by atoms with Gasteiger partial charge < -0.3 is 30.1 Å². The van der Waals surface area contributed by atoms with Crippen LogP contribution in [0.5, 0.6) is 0 Å². The molecular formula is C29H42N4O6. The Morgan fingerprint density at radius 3 is 2.54 bits per heavy atom. The van der Waals surface area contributed by atoms with Crippen LogP contribution in [0.25, 0.3) is 0 Å². The van der Waals surface area contributed by atoms with Crippen molar-refractivity contribution in [2.75, 3.05) is 51.3 Å². The van der Waals surface area contributed by atoms with Gasteiger partial charge in [0.15, 0.2) is 0 Å². The molecule has 3 amide bonds. The van der Waals surface area contributed by atoms with Crippen molar-refractivity contribution < 1.29 is 29.0 Å². The predicted octanol–water partition coefficient (Wildman–Crippen LogP) is 1.25. The van der Waals surface area contributed by atoms with Gasteiger partial charge in [0, 0.05) is 31.9 Å². The van der Waals surface area contributed by atoms with Crippen LogP contribution in [0.2, 0.25) is 0 Å². The highest BCUT2D eigenvalue weighted by atomic mass is 16.5. The number of rotatable bonds is 10. The number of nitrogens with one attached hydrogen (secondary N) is 2. The molecule has 4 fully saturated rings. The van der Waals surface area contributed by atoms with Crippen molar-refractivity contribution in [2.24, 2.45) is 17.8 Å². The number of ether oxygens (including phenoxy) is 2. The first-order valence-electron chi connectivity index (χ1n) is 14.3. The lowest BCUT2D eigenvalue weighted by molar-refractivity contribution is -0.150. The number of amides is 3. The summed E-state index contributed by atoms with van der Waals surface area (Å²) in [7, 11) is 0. The molecule has 7 atom stereocenters. The fraction of sp³-hybridized carbons (Fsp3) is 0.690. The third-order valence-electron chi connectivity index (χ3n) is 9.46. The minimum Gasteiger partial charge on any atom is -0.394 e. The van der Waals surface area contributed by atoms with Crippen LogP contribution in [0.4, 0.5) is 5.69 Å². The molecule has 2 unspecified atom stereocenters. The molecule has 4 aliphatic heterocycles. The van der Waals surface area contributed by atoms with Crippen molar-refractivity contribution in [1.82, 2.24) is 15.1 Å². The van der Waals surface area contributed by atoms with Crippen molar-refractivity contribution >= 4 is 23.4 Å². The number of hydrogen-bond acceptors (Lipinski definition) is 7. The average Bonchev–Trinajstić information content (AvgIpc) is 3.51. The standard InChI is InChI=1S/C29H42N4O6/c1-4-19(2)21(18-34)33-24(26(36)30-12-13-32-14-16-38-17-15-32)29-11-10-28(3,39-29)22(23(29)27(33)37)25(35)31-20-8-6-5-7-9-20/h5-9,19,21-24,34H,4,10-18H2,1-3H3,(H,30,36)(H,31,35)/t19-,21-,22+,23-,24?,28-,29?/m0/s1. The summed E-state index contributed by atoms with van der Waals surface area (Å²) in [5.41, 5.74) is -1.33. The predicted molar refractivity (Wildman–Crippen MR) is 145 cm³/mol. The van der Waals surface area contributed by atoms with Gasteiger partial charge in [-0.2, -0.15) is 0 Å². The Morgan fingerprint density at radius 2 is 1.87 bits per heavy atom. The summed E-state index contributed by atoms with van der Waals surface area (Å²) < 4.78 is 12.1. The Kier molecular flexibility index (Phi) is 8.01. The lowest BCUT2D eigenvalue weighted by Gasteiger charge is -2.39. The van der Waals surface area contributed by atoms with Crippen LogP contribution in [-0.4, -0.2) is 102 Å². The number of likely N-dealkylation sites (tertiary alicyclic amines) is 1. The van der Waals surface area contributed by atoms with Crippen molar-refractivity contribution in [1.29, 1.82) is 0 Å². The minimum atomic E-state index is -1.12.